The molecule has 2 aliphatic rings. The number of hydrogen-bond donors (Lipinski definition) is 1. The van der Waals surface area contributed by atoms with Crippen LogP contribution in [0, 0.1) is 11.8 Å². The highest BCUT2D eigenvalue weighted by molar-refractivity contribution is 6.33. The van der Waals surface area contributed by atoms with Crippen molar-refractivity contribution in [2.45, 2.75) is 45.1 Å². The van der Waals surface area contributed by atoms with Gasteiger partial charge in [-0.1, -0.05) is 31.4 Å². The Morgan fingerprint density at radius 3 is 2.81 bits per heavy atom. The molecule has 0 radical (unpaired) electrons. The zero-order chi connectivity index (χ0) is 15.0. The molecule has 1 heterocycles. The van der Waals surface area contributed by atoms with Crippen LogP contribution in [0.25, 0.3) is 0 Å². The van der Waals surface area contributed by atoms with E-state index in [0.29, 0.717) is 28.2 Å². The van der Waals surface area contributed by atoms with Gasteiger partial charge in [-0.2, -0.15) is 0 Å². The molecule has 0 spiro atoms. The first-order valence-electron chi connectivity index (χ1n) is 7.94. The Kier molecular flexibility index (Phi) is 4.12. The van der Waals surface area contributed by atoms with Crippen molar-refractivity contribution in [2.24, 2.45) is 11.8 Å². The van der Waals surface area contributed by atoms with E-state index in [9.17, 15) is 4.79 Å². The van der Waals surface area contributed by atoms with E-state index < -0.39 is 0 Å². The van der Waals surface area contributed by atoms with E-state index in [0.717, 1.165) is 25.3 Å². The fourth-order valence-electron chi connectivity index (χ4n) is 4.01. The van der Waals surface area contributed by atoms with Gasteiger partial charge in [-0.05, 0) is 49.3 Å². The van der Waals surface area contributed by atoms with Gasteiger partial charge in [0.15, 0.2) is 0 Å². The van der Waals surface area contributed by atoms with Crippen LogP contribution in [0.4, 0.5) is 5.69 Å². The van der Waals surface area contributed by atoms with Crippen molar-refractivity contribution in [1.29, 1.82) is 0 Å². The molecule has 1 aliphatic carbocycles. The summed E-state index contributed by atoms with van der Waals surface area (Å²) in [6, 6.07) is 5.62. The van der Waals surface area contributed by atoms with Crippen LogP contribution >= 0.6 is 11.6 Å². The molecule has 2 N–H and O–H groups in total. The fraction of sp³-hybridized carbons (Fsp3) is 0.588. The molecule has 3 rings (SSSR count). The van der Waals surface area contributed by atoms with Crippen molar-refractivity contribution in [1.82, 2.24) is 4.90 Å². The number of likely N-dealkylation sites (tertiary alicyclic amines) is 1. The summed E-state index contributed by atoms with van der Waals surface area (Å²) in [5.74, 6) is 1.51. The number of fused-ring (bicyclic) bond motifs is 1. The second-order valence-corrected chi connectivity index (χ2v) is 6.92. The molecule has 1 aromatic carbocycles. The third-order valence-corrected chi connectivity index (χ3v) is 5.59. The lowest BCUT2D eigenvalue weighted by Crippen LogP contribution is -2.52. The van der Waals surface area contributed by atoms with Crippen molar-refractivity contribution in [3.63, 3.8) is 0 Å². The molecule has 3 nitrogen and oxygen atoms in total. The monoisotopic (exact) mass is 306 g/mol. The van der Waals surface area contributed by atoms with Crippen molar-refractivity contribution >= 4 is 23.2 Å². The number of rotatable bonds is 1. The first kappa shape index (κ1) is 14.7. The molecule has 1 saturated heterocycles. The number of nitrogens with zero attached hydrogens (tertiary/aromatic N) is 1. The molecule has 3 unspecified atom stereocenters. The third kappa shape index (κ3) is 2.76. The number of nitrogen functional groups attached to an aromatic ring is 1. The van der Waals surface area contributed by atoms with Gasteiger partial charge in [0.25, 0.3) is 5.91 Å². The summed E-state index contributed by atoms with van der Waals surface area (Å²) in [7, 11) is 0. The van der Waals surface area contributed by atoms with Crippen molar-refractivity contribution in [2.75, 3.05) is 12.3 Å². The van der Waals surface area contributed by atoms with Gasteiger partial charge >= 0.3 is 0 Å². The average Bonchev–Trinajstić information content (AvgIpc) is 2.50. The first-order valence-corrected chi connectivity index (χ1v) is 8.31. The maximum Gasteiger partial charge on any atom is 0.254 e. The van der Waals surface area contributed by atoms with Crippen molar-refractivity contribution < 1.29 is 4.79 Å². The molecule has 2 fully saturated rings. The number of amides is 1. The molecule has 1 aliphatic heterocycles. The van der Waals surface area contributed by atoms with Gasteiger partial charge in [-0.15, -0.1) is 0 Å². The number of piperidine rings is 1. The number of benzene rings is 1. The summed E-state index contributed by atoms with van der Waals surface area (Å²) < 4.78 is 0. The quantitative estimate of drug-likeness (QED) is 0.798. The number of hydrogen-bond acceptors (Lipinski definition) is 2. The minimum Gasteiger partial charge on any atom is -0.398 e. The molecule has 4 heteroatoms. The van der Waals surface area contributed by atoms with Gasteiger partial charge < -0.3 is 10.6 Å². The summed E-state index contributed by atoms with van der Waals surface area (Å²) in [6.45, 7) is 3.20. The van der Waals surface area contributed by atoms with Crippen LogP contribution in [0.1, 0.15) is 49.4 Å². The summed E-state index contributed by atoms with van der Waals surface area (Å²) in [5.41, 5.74) is 6.98. The van der Waals surface area contributed by atoms with Crippen molar-refractivity contribution in [3.05, 3.63) is 28.8 Å². The van der Waals surface area contributed by atoms with Gasteiger partial charge in [-0.3, -0.25) is 4.79 Å². The van der Waals surface area contributed by atoms with E-state index >= 15 is 0 Å². The van der Waals surface area contributed by atoms with Gasteiger partial charge in [0.2, 0.25) is 0 Å². The summed E-state index contributed by atoms with van der Waals surface area (Å²) in [4.78, 5) is 14.9. The lowest BCUT2D eigenvalue weighted by Gasteiger charge is -2.47. The Hall–Kier alpha value is -1.22. The summed E-state index contributed by atoms with van der Waals surface area (Å²) in [6.07, 6.45) is 6.06. The number of anilines is 1. The molecular formula is C17H23ClN2O. The third-order valence-electron chi connectivity index (χ3n) is 5.24. The predicted octanol–water partition coefficient (Wildman–Crippen LogP) is 3.96. The van der Waals surface area contributed by atoms with E-state index in [4.69, 9.17) is 17.3 Å². The van der Waals surface area contributed by atoms with Crippen LogP contribution in [0.5, 0.6) is 0 Å². The maximum atomic E-state index is 12.9. The van der Waals surface area contributed by atoms with Crippen LogP contribution < -0.4 is 5.73 Å². The first-order chi connectivity index (χ1) is 10.1. The number of nitrogens with two attached hydrogens (primary N) is 1. The van der Waals surface area contributed by atoms with Crippen LogP contribution in [-0.2, 0) is 0 Å². The molecule has 3 atom stereocenters. The van der Waals surface area contributed by atoms with Crippen LogP contribution in [0.3, 0.4) is 0 Å². The van der Waals surface area contributed by atoms with E-state index in [-0.39, 0.29) is 5.91 Å². The van der Waals surface area contributed by atoms with Gasteiger partial charge in [0, 0.05) is 18.2 Å². The Morgan fingerprint density at radius 2 is 2.05 bits per heavy atom. The minimum absolute atomic E-state index is 0.113. The van der Waals surface area contributed by atoms with E-state index in [1.54, 1.807) is 18.2 Å². The minimum atomic E-state index is 0.113. The lowest BCUT2D eigenvalue weighted by atomic mass is 9.72. The standard InChI is InChI=1S/C17H23ClN2O/c1-11-8-9-20(16-5-3-2-4-13(11)16)17(21)12-6-7-14(18)15(19)10-12/h6-7,10-11,13,16H,2-5,8-9,19H2,1H3. The van der Waals surface area contributed by atoms with Crippen LogP contribution in [-0.4, -0.2) is 23.4 Å². The number of carbonyl (C=O) groups excluding carboxylic acids is 1. The average molecular weight is 307 g/mol. The van der Waals surface area contributed by atoms with Gasteiger partial charge in [0.05, 0.1) is 10.7 Å². The molecule has 1 aromatic rings. The van der Waals surface area contributed by atoms with Gasteiger partial charge in [-0.25, -0.2) is 0 Å². The normalized spacial score (nSPS) is 29.0. The maximum absolute atomic E-state index is 12.9. The lowest BCUT2D eigenvalue weighted by molar-refractivity contribution is 0.0218. The second kappa shape index (κ2) is 5.88. The summed E-state index contributed by atoms with van der Waals surface area (Å²) >= 11 is 5.95. The van der Waals surface area contributed by atoms with Crippen molar-refractivity contribution in [3.8, 4) is 0 Å². The molecule has 0 aromatic heterocycles. The zero-order valence-electron chi connectivity index (χ0n) is 12.5. The number of halogens is 1. The highest BCUT2D eigenvalue weighted by Crippen LogP contribution is 2.39. The Morgan fingerprint density at radius 1 is 1.29 bits per heavy atom. The predicted molar refractivity (Wildman–Crippen MR) is 86.4 cm³/mol. The fourth-order valence-corrected chi connectivity index (χ4v) is 4.13. The summed E-state index contributed by atoms with van der Waals surface area (Å²) in [5, 5.41) is 0.509. The van der Waals surface area contributed by atoms with E-state index in [1.807, 2.05) is 0 Å². The molecule has 1 amide bonds. The Labute approximate surface area is 131 Å². The topological polar surface area (TPSA) is 46.3 Å². The van der Waals surface area contributed by atoms with E-state index in [2.05, 4.69) is 11.8 Å². The largest absolute Gasteiger partial charge is 0.398 e. The zero-order valence-corrected chi connectivity index (χ0v) is 13.3. The SMILES string of the molecule is CC1CCN(C(=O)c2ccc(Cl)c(N)c2)C2CCCCC12. The number of carbonyl (C=O) groups is 1. The molecule has 114 valence electrons. The molecule has 0 bridgehead atoms. The smallest absolute Gasteiger partial charge is 0.254 e. The highest BCUT2D eigenvalue weighted by Gasteiger charge is 2.39. The molecule has 21 heavy (non-hydrogen) atoms. The Balaban J connectivity index is 1.84. The second-order valence-electron chi connectivity index (χ2n) is 6.52. The Bertz CT molecular complexity index is 546. The van der Waals surface area contributed by atoms with Crippen LogP contribution in [0.15, 0.2) is 18.2 Å². The molecule has 1 saturated carbocycles. The van der Waals surface area contributed by atoms with Gasteiger partial charge in [0.1, 0.15) is 0 Å². The van der Waals surface area contributed by atoms with Crippen LogP contribution in [0.2, 0.25) is 5.02 Å². The highest BCUT2D eigenvalue weighted by atomic mass is 35.5. The molecular weight excluding hydrogens is 284 g/mol. The van der Waals surface area contributed by atoms with E-state index in [1.165, 1.54) is 19.3 Å².